The molecular formula is C14H15ClN2S. The van der Waals surface area contributed by atoms with Crippen LogP contribution in [0.4, 0.5) is 0 Å². The molecule has 0 saturated carbocycles. The second-order valence-electron chi connectivity index (χ2n) is 4.06. The minimum absolute atomic E-state index is 0.655. The fourth-order valence-corrected chi connectivity index (χ4v) is 2.81. The van der Waals surface area contributed by atoms with Crippen molar-refractivity contribution < 1.29 is 0 Å². The number of hydrogen-bond acceptors (Lipinski definition) is 3. The van der Waals surface area contributed by atoms with E-state index in [1.54, 1.807) is 11.8 Å². The molecule has 0 unspecified atom stereocenters. The number of aryl methyl sites for hydroxylation is 1. The summed E-state index contributed by atoms with van der Waals surface area (Å²) in [5.41, 5.74) is 7.90. The van der Waals surface area contributed by atoms with E-state index in [1.807, 2.05) is 30.5 Å². The maximum Gasteiger partial charge on any atom is 0.104 e. The Bertz CT molecular complexity index is 543. The molecular weight excluding hydrogens is 264 g/mol. The van der Waals surface area contributed by atoms with Crippen LogP contribution in [-0.2, 0) is 6.42 Å². The van der Waals surface area contributed by atoms with Crippen molar-refractivity contribution in [1.82, 2.24) is 4.98 Å². The van der Waals surface area contributed by atoms with Crippen LogP contribution >= 0.6 is 23.4 Å². The minimum Gasteiger partial charge on any atom is -0.330 e. The number of halogens is 1. The van der Waals surface area contributed by atoms with Gasteiger partial charge in [0.15, 0.2) is 0 Å². The second kappa shape index (κ2) is 6.23. The number of aromatic nitrogens is 1. The summed E-state index contributed by atoms with van der Waals surface area (Å²) in [6, 6.07) is 9.94. The normalized spacial score (nSPS) is 10.6. The van der Waals surface area contributed by atoms with E-state index in [4.69, 9.17) is 17.3 Å². The standard InChI is InChI=1S/C14H15ClN2S/c1-10-7-11(5-6-16)9-17-14(10)18-13-4-2-3-12(15)8-13/h2-4,7-9H,5-6,16H2,1H3. The van der Waals surface area contributed by atoms with Gasteiger partial charge in [0.2, 0.25) is 0 Å². The summed E-state index contributed by atoms with van der Waals surface area (Å²) in [6.45, 7) is 2.72. The number of pyridine rings is 1. The van der Waals surface area contributed by atoms with Crippen LogP contribution in [0.5, 0.6) is 0 Å². The molecule has 0 aliphatic heterocycles. The van der Waals surface area contributed by atoms with E-state index in [2.05, 4.69) is 18.0 Å². The van der Waals surface area contributed by atoms with Crippen LogP contribution < -0.4 is 5.73 Å². The molecule has 0 amide bonds. The average molecular weight is 279 g/mol. The maximum absolute atomic E-state index is 5.97. The molecule has 0 radical (unpaired) electrons. The molecule has 2 nitrogen and oxygen atoms in total. The van der Waals surface area contributed by atoms with Gasteiger partial charge in [-0.05, 0) is 49.2 Å². The molecule has 0 atom stereocenters. The highest BCUT2D eigenvalue weighted by Crippen LogP contribution is 2.30. The van der Waals surface area contributed by atoms with Crippen LogP contribution in [0.2, 0.25) is 5.02 Å². The Balaban J connectivity index is 2.19. The smallest absolute Gasteiger partial charge is 0.104 e. The number of rotatable bonds is 4. The van der Waals surface area contributed by atoms with E-state index in [1.165, 1.54) is 11.1 Å². The van der Waals surface area contributed by atoms with Crippen molar-refractivity contribution >= 4 is 23.4 Å². The highest BCUT2D eigenvalue weighted by molar-refractivity contribution is 7.99. The first kappa shape index (κ1) is 13.4. The predicted octanol–water partition coefficient (Wildman–Crippen LogP) is 3.70. The van der Waals surface area contributed by atoms with Gasteiger partial charge in [-0.1, -0.05) is 35.5 Å². The largest absolute Gasteiger partial charge is 0.330 e. The van der Waals surface area contributed by atoms with Crippen molar-refractivity contribution in [3.63, 3.8) is 0 Å². The van der Waals surface area contributed by atoms with Crippen molar-refractivity contribution in [1.29, 1.82) is 0 Å². The summed E-state index contributed by atoms with van der Waals surface area (Å²) >= 11 is 7.60. The molecule has 0 fully saturated rings. The van der Waals surface area contributed by atoms with Gasteiger partial charge in [-0.2, -0.15) is 0 Å². The molecule has 0 bridgehead atoms. The second-order valence-corrected chi connectivity index (χ2v) is 5.56. The lowest BCUT2D eigenvalue weighted by Crippen LogP contribution is -2.03. The van der Waals surface area contributed by atoms with Crippen LogP contribution in [0.1, 0.15) is 11.1 Å². The molecule has 0 aliphatic rings. The average Bonchev–Trinajstić information content (AvgIpc) is 2.33. The van der Waals surface area contributed by atoms with Crippen molar-refractivity contribution in [3.8, 4) is 0 Å². The molecule has 1 aromatic heterocycles. The van der Waals surface area contributed by atoms with Crippen molar-refractivity contribution in [2.45, 2.75) is 23.3 Å². The van der Waals surface area contributed by atoms with Crippen molar-refractivity contribution in [2.24, 2.45) is 5.73 Å². The number of benzene rings is 1. The van der Waals surface area contributed by atoms with Gasteiger partial charge in [-0.3, -0.25) is 0 Å². The van der Waals surface area contributed by atoms with E-state index in [0.717, 1.165) is 21.4 Å². The zero-order chi connectivity index (χ0) is 13.0. The molecule has 1 aromatic carbocycles. The molecule has 2 aromatic rings. The topological polar surface area (TPSA) is 38.9 Å². The first-order valence-electron chi connectivity index (χ1n) is 5.78. The van der Waals surface area contributed by atoms with Crippen LogP contribution in [0.25, 0.3) is 0 Å². The van der Waals surface area contributed by atoms with Gasteiger partial charge in [-0.15, -0.1) is 0 Å². The molecule has 0 spiro atoms. The summed E-state index contributed by atoms with van der Waals surface area (Å²) in [5, 5.41) is 1.76. The highest BCUT2D eigenvalue weighted by atomic mass is 35.5. The first-order valence-corrected chi connectivity index (χ1v) is 6.97. The lowest BCUT2D eigenvalue weighted by molar-refractivity contribution is 0.935. The van der Waals surface area contributed by atoms with Gasteiger partial charge in [0, 0.05) is 16.1 Å². The summed E-state index contributed by atoms with van der Waals surface area (Å²) in [5.74, 6) is 0. The quantitative estimate of drug-likeness (QED) is 0.927. The monoisotopic (exact) mass is 278 g/mol. The van der Waals surface area contributed by atoms with Gasteiger partial charge in [0.1, 0.15) is 5.03 Å². The molecule has 0 saturated heterocycles. The third-order valence-corrected chi connectivity index (χ3v) is 3.88. The predicted molar refractivity (Wildman–Crippen MR) is 77.3 cm³/mol. The van der Waals surface area contributed by atoms with Gasteiger partial charge in [0.05, 0.1) is 0 Å². The van der Waals surface area contributed by atoms with Crippen LogP contribution in [0.15, 0.2) is 46.5 Å². The minimum atomic E-state index is 0.655. The molecule has 1 heterocycles. The highest BCUT2D eigenvalue weighted by Gasteiger charge is 2.04. The maximum atomic E-state index is 5.97. The molecule has 18 heavy (non-hydrogen) atoms. The Labute approximate surface area is 117 Å². The van der Waals surface area contributed by atoms with Crippen LogP contribution in [-0.4, -0.2) is 11.5 Å². The Morgan fingerprint density at radius 1 is 1.33 bits per heavy atom. The summed E-state index contributed by atoms with van der Waals surface area (Å²) in [6.07, 6.45) is 2.77. The van der Waals surface area contributed by atoms with E-state index >= 15 is 0 Å². The van der Waals surface area contributed by atoms with Gasteiger partial charge in [-0.25, -0.2) is 4.98 Å². The molecule has 94 valence electrons. The number of nitrogens with zero attached hydrogens (tertiary/aromatic N) is 1. The van der Waals surface area contributed by atoms with E-state index in [-0.39, 0.29) is 0 Å². The SMILES string of the molecule is Cc1cc(CCN)cnc1Sc1cccc(Cl)c1. The van der Waals surface area contributed by atoms with Gasteiger partial charge >= 0.3 is 0 Å². The Morgan fingerprint density at radius 3 is 2.83 bits per heavy atom. The number of nitrogens with two attached hydrogens (primary N) is 1. The fraction of sp³-hybridized carbons (Fsp3) is 0.214. The Morgan fingerprint density at radius 2 is 2.17 bits per heavy atom. The zero-order valence-corrected chi connectivity index (χ0v) is 11.8. The third kappa shape index (κ3) is 3.48. The summed E-state index contributed by atoms with van der Waals surface area (Å²) in [7, 11) is 0. The van der Waals surface area contributed by atoms with Crippen molar-refractivity contribution in [3.05, 3.63) is 52.7 Å². The molecule has 2 rings (SSSR count). The molecule has 0 aliphatic carbocycles. The first-order chi connectivity index (χ1) is 8.69. The van der Waals surface area contributed by atoms with Gasteiger partial charge in [0.25, 0.3) is 0 Å². The van der Waals surface area contributed by atoms with E-state index in [0.29, 0.717) is 6.54 Å². The molecule has 4 heteroatoms. The summed E-state index contributed by atoms with van der Waals surface area (Å²) in [4.78, 5) is 5.59. The van der Waals surface area contributed by atoms with Crippen LogP contribution in [0, 0.1) is 6.92 Å². The Kier molecular flexibility index (Phi) is 4.64. The van der Waals surface area contributed by atoms with Crippen molar-refractivity contribution in [2.75, 3.05) is 6.54 Å². The lowest BCUT2D eigenvalue weighted by atomic mass is 10.2. The zero-order valence-electron chi connectivity index (χ0n) is 10.2. The summed E-state index contributed by atoms with van der Waals surface area (Å²) < 4.78 is 0. The third-order valence-electron chi connectivity index (χ3n) is 2.53. The van der Waals surface area contributed by atoms with E-state index in [9.17, 15) is 0 Å². The Hall–Kier alpha value is -1.03. The van der Waals surface area contributed by atoms with Crippen LogP contribution in [0.3, 0.4) is 0 Å². The molecule has 2 N–H and O–H groups in total. The fourth-order valence-electron chi connectivity index (χ4n) is 1.67. The number of hydrogen-bond donors (Lipinski definition) is 1. The lowest BCUT2D eigenvalue weighted by Gasteiger charge is -2.07. The van der Waals surface area contributed by atoms with Gasteiger partial charge < -0.3 is 5.73 Å². The van der Waals surface area contributed by atoms with E-state index < -0.39 is 0 Å².